The van der Waals surface area contributed by atoms with Crippen LogP contribution < -0.4 is 21.5 Å². The number of ether oxygens (including phenoxy) is 1. The number of aryl methyl sites for hydroxylation is 1. The number of hydrazine groups is 1. The van der Waals surface area contributed by atoms with Gasteiger partial charge in [0.15, 0.2) is 5.15 Å². The monoisotopic (exact) mass is 648 g/mol. The van der Waals surface area contributed by atoms with E-state index in [1.807, 2.05) is 19.2 Å². The van der Waals surface area contributed by atoms with Crippen molar-refractivity contribution < 1.29 is 14.3 Å². The number of nitrogens with one attached hydrogen (secondary N) is 2. The quantitative estimate of drug-likeness (QED) is 0.0613. The first-order chi connectivity index (χ1) is 21.7. The summed E-state index contributed by atoms with van der Waals surface area (Å²) in [5, 5.41) is 27.6. The highest BCUT2D eigenvalue weighted by Gasteiger charge is 2.20. The molecule has 0 spiro atoms. The predicted octanol–water partition coefficient (Wildman–Crippen LogP) is 5.28. The van der Waals surface area contributed by atoms with Gasteiger partial charge in [0.05, 0.1) is 30.2 Å². The minimum atomic E-state index is -0.623. The Kier molecular flexibility index (Phi) is 11.3. The van der Waals surface area contributed by atoms with E-state index < -0.39 is 18.0 Å². The van der Waals surface area contributed by atoms with E-state index in [1.54, 1.807) is 59.3 Å². The van der Waals surface area contributed by atoms with Crippen LogP contribution in [0.3, 0.4) is 0 Å². The number of amides is 2. The molecule has 2 aromatic heterocycles. The Morgan fingerprint density at radius 2 is 1.93 bits per heavy atom. The van der Waals surface area contributed by atoms with Crippen molar-refractivity contribution in [3.8, 4) is 11.1 Å². The van der Waals surface area contributed by atoms with Crippen molar-refractivity contribution in [1.82, 2.24) is 25.3 Å². The summed E-state index contributed by atoms with van der Waals surface area (Å²) in [5.41, 5.74) is 4.14. The number of anilines is 2. The van der Waals surface area contributed by atoms with Gasteiger partial charge >= 0.3 is 6.09 Å². The molecule has 45 heavy (non-hydrogen) atoms. The number of carbonyl (C=O) groups excluding carboxylic acids is 2. The fourth-order valence-corrected chi connectivity index (χ4v) is 4.61. The SMILES string of the molecule is C=N/N=C\N(N)c1ccc(Cl)cc1/C=C/C(=O)N[C@@H](Cc1ccn(CC)n1)c1cc(-c2ccc(NC(=O)OC)cc2)c(Cl)nn1. The van der Waals surface area contributed by atoms with Crippen LogP contribution in [0.15, 0.2) is 77.1 Å². The van der Waals surface area contributed by atoms with E-state index in [9.17, 15) is 9.59 Å². The van der Waals surface area contributed by atoms with Crippen molar-refractivity contribution >= 4 is 65.7 Å². The maximum absolute atomic E-state index is 13.3. The summed E-state index contributed by atoms with van der Waals surface area (Å²) >= 11 is 12.7. The summed E-state index contributed by atoms with van der Waals surface area (Å²) < 4.78 is 6.43. The number of nitrogens with zero attached hydrogens (tertiary/aromatic N) is 7. The number of methoxy groups -OCH3 is 1. The van der Waals surface area contributed by atoms with Crippen LogP contribution in [0, 0.1) is 0 Å². The van der Waals surface area contributed by atoms with E-state index >= 15 is 0 Å². The summed E-state index contributed by atoms with van der Waals surface area (Å²) in [6.45, 7) is 5.97. The lowest BCUT2D eigenvalue weighted by molar-refractivity contribution is -0.117. The van der Waals surface area contributed by atoms with Gasteiger partial charge in [-0.25, -0.2) is 10.6 Å². The van der Waals surface area contributed by atoms with Crippen molar-refractivity contribution in [2.75, 3.05) is 17.4 Å². The number of hydrogen-bond donors (Lipinski definition) is 3. The van der Waals surface area contributed by atoms with Gasteiger partial charge in [-0.15, -0.1) is 10.2 Å². The van der Waals surface area contributed by atoms with Crippen molar-refractivity contribution in [2.24, 2.45) is 16.0 Å². The molecular formula is C30H30Cl2N10O3. The van der Waals surface area contributed by atoms with Crippen molar-refractivity contribution in [3.05, 3.63) is 94.0 Å². The second-order valence-corrected chi connectivity index (χ2v) is 10.2. The molecule has 0 fully saturated rings. The van der Waals surface area contributed by atoms with Gasteiger partial charge in [0.1, 0.15) is 6.34 Å². The summed E-state index contributed by atoms with van der Waals surface area (Å²) in [4.78, 5) is 24.8. The zero-order chi connectivity index (χ0) is 32.3. The maximum Gasteiger partial charge on any atom is 0.411 e. The lowest BCUT2D eigenvalue weighted by atomic mass is 10.0. The Labute approximate surface area is 269 Å². The lowest BCUT2D eigenvalue weighted by Gasteiger charge is -2.18. The zero-order valence-corrected chi connectivity index (χ0v) is 25.9. The highest BCUT2D eigenvalue weighted by molar-refractivity contribution is 6.32. The van der Waals surface area contributed by atoms with Crippen LogP contribution in [0.2, 0.25) is 10.2 Å². The fraction of sp³-hybridized carbons (Fsp3) is 0.167. The van der Waals surface area contributed by atoms with Crippen LogP contribution in [0.1, 0.15) is 29.9 Å². The Hall–Kier alpha value is -5.11. The van der Waals surface area contributed by atoms with E-state index in [0.717, 1.165) is 11.3 Å². The number of halogens is 2. The van der Waals surface area contributed by atoms with Gasteiger partial charge in [0.25, 0.3) is 0 Å². The van der Waals surface area contributed by atoms with Crippen LogP contribution in [-0.4, -0.2) is 52.1 Å². The molecule has 0 saturated carbocycles. The van der Waals surface area contributed by atoms with Crippen molar-refractivity contribution in [2.45, 2.75) is 25.9 Å². The fourth-order valence-electron chi connectivity index (χ4n) is 4.23. The molecule has 0 aliphatic carbocycles. The van der Waals surface area contributed by atoms with Crippen LogP contribution >= 0.6 is 23.2 Å². The van der Waals surface area contributed by atoms with Crippen molar-refractivity contribution in [1.29, 1.82) is 0 Å². The topological polar surface area (TPSA) is 165 Å². The predicted molar refractivity (Wildman–Crippen MR) is 176 cm³/mol. The third kappa shape index (κ3) is 8.95. The van der Waals surface area contributed by atoms with Gasteiger partial charge in [-0.2, -0.15) is 15.3 Å². The average molecular weight is 650 g/mol. The molecule has 2 aromatic carbocycles. The first-order valence-electron chi connectivity index (χ1n) is 13.5. The van der Waals surface area contributed by atoms with Gasteiger partial charge in [0, 0.05) is 53.8 Å². The number of carbonyl (C=O) groups is 2. The molecule has 4 aromatic rings. The Bertz CT molecular complexity index is 1720. The van der Waals surface area contributed by atoms with Crippen LogP contribution in [-0.2, 0) is 22.5 Å². The Morgan fingerprint density at radius 1 is 1.16 bits per heavy atom. The zero-order valence-electron chi connectivity index (χ0n) is 24.4. The standard InChI is InChI=1S/C30H30Cl2N10O3/c1-4-41-14-13-23(40-41)16-25(37-28(43)12-7-20-15-21(31)8-11-27(20)42(33)18-35-34-2)26-17-24(29(32)39-38-26)19-5-9-22(10-6-19)36-30(44)45-3/h5-15,17-18,25H,2,4,16,33H2,1,3H3,(H,36,44)(H,37,43)/b12-7+,35-18-/t25-/m0/s1. The van der Waals surface area contributed by atoms with Gasteiger partial charge in [-0.05, 0) is 61.0 Å². The number of nitrogens with two attached hydrogens (primary N) is 1. The van der Waals surface area contributed by atoms with E-state index in [4.69, 9.17) is 29.0 Å². The van der Waals surface area contributed by atoms with Gasteiger partial charge in [0.2, 0.25) is 5.91 Å². The van der Waals surface area contributed by atoms with E-state index in [1.165, 1.54) is 24.5 Å². The summed E-state index contributed by atoms with van der Waals surface area (Å²) in [7, 11) is 1.28. The number of hydrogen-bond acceptors (Lipinski definition) is 9. The molecule has 0 aliphatic heterocycles. The third-order valence-electron chi connectivity index (χ3n) is 6.44. The Balaban J connectivity index is 1.63. The molecule has 15 heteroatoms. The molecular weight excluding hydrogens is 619 g/mol. The number of benzene rings is 2. The molecule has 2 heterocycles. The minimum absolute atomic E-state index is 0.169. The number of aromatic nitrogens is 4. The van der Waals surface area contributed by atoms with E-state index in [0.29, 0.717) is 46.2 Å². The molecule has 0 saturated heterocycles. The third-order valence-corrected chi connectivity index (χ3v) is 6.96. The summed E-state index contributed by atoms with van der Waals surface area (Å²) in [6.07, 6.45) is 5.82. The second-order valence-electron chi connectivity index (χ2n) is 9.41. The van der Waals surface area contributed by atoms with Gasteiger partial charge in [-0.3, -0.25) is 19.8 Å². The van der Waals surface area contributed by atoms with Gasteiger partial charge < -0.3 is 10.1 Å². The number of rotatable bonds is 12. The summed E-state index contributed by atoms with van der Waals surface area (Å²) in [6, 6.07) is 15.0. The molecule has 0 bridgehead atoms. The molecule has 13 nitrogen and oxygen atoms in total. The normalized spacial score (nSPS) is 11.8. The van der Waals surface area contributed by atoms with E-state index in [2.05, 4.69) is 47.6 Å². The van der Waals surface area contributed by atoms with Crippen LogP contribution in [0.25, 0.3) is 17.2 Å². The molecule has 0 radical (unpaired) electrons. The second kappa shape index (κ2) is 15.6. The highest BCUT2D eigenvalue weighted by Crippen LogP contribution is 2.30. The molecule has 4 N–H and O–H groups in total. The molecule has 0 aliphatic rings. The first kappa shape index (κ1) is 32.8. The minimum Gasteiger partial charge on any atom is -0.453 e. The molecule has 1 atom stereocenters. The molecule has 4 rings (SSSR count). The first-order valence-corrected chi connectivity index (χ1v) is 14.3. The average Bonchev–Trinajstić information content (AvgIpc) is 3.50. The van der Waals surface area contributed by atoms with E-state index in [-0.39, 0.29) is 5.15 Å². The highest BCUT2D eigenvalue weighted by atomic mass is 35.5. The van der Waals surface area contributed by atoms with Crippen molar-refractivity contribution in [3.63, 3.8) is 0 Å². The molecule has 232 valence electrons. The molecule has 2 amide bonds. The van der Waals surface area contributed by atoms with Crippen LogP contribution in [0.4, 0.5) is 16.2 Å². The lowest BCUT2D eigenvalue weighted by Crippen LogP contribution is -2.30. The van der Waals surface area contributed by atoms with Crippen LogP contribution in [0.5, 0.6) is 0 Å². The summed E-state index contributed by atoms with van der Waals surface area (Å²) in [5.74, 6) is 5.65. The maximum atomic E-state index is 13.3. The Morgan fingerprint density at radius 3 is 2.62 bits per heavy atom. The smallest absolute Gasteiger partial charge is 0.411 e. The van der Waals surface area contributed by atoms with Gasteiger partial charge in [-0.1, -0.05) is 35.3 Å². The largest absolute Gasteiger partial charge is 0.453 e. The molecule has 0 unspecified atom stereocenters.